The fourth-order valence-corrected chi connectivity index (χ4v) is 4.62. The molecule has 0 fully saturated rings. The molecule has 1 amide bonds. The molecule has 1 N–H and O–H groups in total. The lowest BCUT2D eigenvalue weighted by Crippen LogP contribution is -2.30. The lowest BCUT2D eigenvalue weighted by atomic mass is 10.2. The molecule has 2 aromatic carbocycles. The van der Waals surface area contributed by atoms with Gasteiger partial charge in [-0.05, 0) is 30.3 Å². The zero-order chi connectivity index (χ0) is 21.1. The van der Waals surface area contributed by atoms with Gasteiger partial charge in [-0.1, -0.05) is 43.1 Å². The minimum absolute atomic E-state index is 0.106. The molecule has 0 heterocycles. The average molecular weight is 444 g/mol. The van der Waals surface area contributed by atoms with Crippen molar-refractivity contribution in [2.45, 2.75) is 18.7 Å². The fraction of sp³-hybridized carbons (Fsp3) is 0.316. The van der Waals surface area contributed by atoms with Crippen LogP contribution in [0.4, 0.5) is 11.4 Å². The van der Waals surface area contributed by atoms with Crippen LogP contribution < -0.4 is 10.2 Å². The third kappa shape index (κ3) is 4.60. The van der Waals surface area contributed by atoms with Crippen molar-refractivity contribution in [3.8, 4) is 0 Å². The molecule has 0 aliphatic carbocycles. The van der Waals surface area contributed by atoms with Crippen LogP contribution in [0.25, 0.3) is 0 Å². The van der Waals surface area contributed by atoms with Gasteiger partial charge in [0.05, 0.1) is 31.9 Å². The highest BCUT2D eigenvalue weighted by Crippen LogP contribution is 2.31. The number of halogens is 2. The van der Waals surface area contributed by atoms with E-state index in [1.165, 1.54) is 16.4 Å². The van der Waals surface area contributed by atoms with Crippen LogP contribution in [0.15, 0.2) is 41.3 Å². The molecule has 6 nitrogen and oxygen atoms in total. The molecular formula is C19H23Cl2N3O3S. The minimum atomic E-state index is -3.67. The van der Waals surface area contributed by atoms with Crippen LogP contribution in [0.3, 0.4) is 0 Å². The van der Waals surface area contributed by atoms with Crippen molar-refractivity contribution in [2.24, 2.45) is 0 Å². The lowest BCUT2D eigenvalue weighted by molar-refractivity contribution is 0.102. The van der Waals surface area contributed by atoms with Gasteiger partial charge in [0, 0.05) is 27.2 Å². The van der Waals surface area contributed by atoms with Crippen LogP contribution in [0, 0.1) is 0 Å². The monoisotopic (exact) mass is 443 g/mol. The predicted molar refractivity (Wildman–Crippen MR) is 115 cm³/mol. The third-order valence-electron chi connectivity index (χ3n) is 4.24. The summed E-state index contributed by atoms with van der Waals surface area (Å²) in [5, 5.41) is 3.16. The highest BCUT2D eigenvalue weighted by atomic mass is 35.5. The molecule has 9 heteroatoms. The Hall–Kier alpha value is -1.80. The van der Waals surface area contributed by atoms with Crippen molar-refractivity contribution in [2.75, 3.05) is 37.4 Å². The number of hydrogen-bond acceptors (Lipinski definition) is 4. The number of amides is 1. The summed E-state index contributed by atoms with van der Waals surface area (Å²) >= 11 is 12.1. The molecule has 0 aliphatic heterocycles. The van der Waals surface area contributed by atoms with Gasteiger partial charge < -0.3 is 10.2 Å². The van der Waals surface area contributed by atoms with Gasteiger partial charge in [-0.2, -0.15) is 4.31 Å². The molecule has 2 aromatic rings. The summed E-state index contributed by atoms with van der Waals surface area (Å²) in [5.74, 6) is -0.479. The van der Waals surface area contributed by atoms with E-state index in [0.717, 1.165) is 0 Å². The highest BCUT2D eigenvalue weighted by Gasteiger charge is 2.24. The van der Waals surface area contributed by atoms with E-state index < -0.39 is 15.9 Å². The first-order chi connectivity index (χ1) is 13.1. The number of nitrogens with zero attached hydrogens (tertiary/aromatic N) is 2. The van der Waals surface area contributed by atoms with Crippen LogP contribution >= 0.6 is 23.2 Å². The first kappa shape index (κ1) is 22.5. The van der Waals surface area contributed by atoms with Gasteiger partial charge in [0.2, 0.25) is 10.0 Å². The molecule has 0 spiro atoms. The number of benzene rings is 2. The number of hydrogen-bond donors (Lipinski definition) is 1. The van der Waals surface area contributed by atoms with E-state index in [9.17, 15) is 13.2 Å². The maximum Gasteiger partial charge on any atom is 0.257 e. The Balaban J connectivity index is 2.50. The van der Waals surface area contributed by atoms with E-state index in [1.807, 2.05) is 0 Å². The largest absolute Gasteiger partial charge is 0.376 e. The van der Waals surface area contributed by atoms with Gasteiger partial charge in [-0.15, -0.1) is 0 Å². The Kier molecular flexibility index (Phi) is 7.33. The number of carbonyl (C=O) groups is 1. The Morgan fingerprint density at radius 3 is 2.29 bits per heavy atom. The summed E-state index contributed by atoms with van der Waals surface area (Å²) in [7, 11) is -0.0621. The molecule has 0 saturated carbocycles. The van der Waals surface area contributed by atoms with Gasteiger partial charge in [-0.25, -0.2) is 8.42 Å². The Morgan fingerprint density at radius 1 is 1.07 bits per heavy atom. The molecule has 0 unspecified atom stereocenters. The van der Waals surface area contributed by atoms with E-state index >= 15 is 0 Å². The van der Waals surface area contributed by atoms with Gasteiger partial charge in [0.25, 0.3) is 5.91 Å². The molecule has 28 heavy (non-hydrogen) atoms. The van der Waals surface area contributed by atoms with Crippen molar-refractivity contribution in [1.29, 1.82) is 0 Å². The molecule has 0 aliphatic rings. The van der Waals surface area contributed by atoms with Crippen LogP contribution in [-0.4, -0.2) is 45.8 Å². The molecule has 0 aromatic heterocycles. The topological polar surface area (TPSA) is 69.7 Å². The van der Waals surface area contributed by atoms with Crippen molar-refractivity contribution in [1.82, 2.24) is 4.31 Å². The molecular weight excluding hydrogens is 421 g/mol. The SMILES string of the molecule is CCN(CC)S(=O)(=O)c1ccc(N(C)C)c(NC(=O)c2cccc(Cl)c2Cl)c1. The second kappa shape index (κ2) is 9.13. The summed E-state index contributed by atoms with van der Waals surface area (Å²) in [5.41, 5.74) is 1.22. The molecule has 2 rings (SSSR count). The summed E-state index contributed by atoms with van der Waals surface area (Å²) in [6.07, 6.45) is 0. The predicted octanol–water partition coefficient (Wildman–Crippen LogP) is 4.34. The molecule has 152 valence electrons. The third-order valence-corrected chi connectivity index (χ3v) is 7.10. The number of sulfonamides is 1. The van der Waals surface area contributed by atoms with E-state index in [2.05, 4.69) is 5.32 Å². The molecule has 0 bridgehead atoms. The Labute approximate surface area is 176 Å². The standard InChI is InChI=1S/C19H23Cl2N3O3S/c1-5-24(6-2)28(26,27)13-10-11-17(23(3)4)16(12-13)22-19(25)14-8-7-9-15(20)18(14)21/h7-12H,5-6H2,1-4H3,(H,22,25). The Morgan fingerprint density at radius 2 is 1.71 bits per heavy atom. The van der Waals surface area contributed by atoms with Crippen molar-refractivity contribution >= 4 is 50.5 Å². The van der Waals surface area contributed by atoms with Gasteiger partial charge >= 0.3 is 0 Å². The lowest BCUT2D eigenvalue weighted by Gasteiger charge is -2.22. The maximum absolute atomic E-state index is 12.8. The normalized spacial score (nSPS) is 11.5. The smallest absolute Gasteiger partial charge is 0.257 e. The van der Waals surface area contributed by atoms with E-state index in [0.29, 0.717) is 24.5 Å². The number of rotatable bonds is 7. The van der Waals surface area contributed by atoms with Crippen LogP contribution in [0.1, 0.15) is 24.2 Å². The van der Waals surface area contributed by atoms with E-state index in [1.54, 1.807) is 57.1 Å². The quantitative estimate of drug-likeness (QED) is 0.690. The van der Waals surface area contributed by atoms with Gasteiger partial charge in [-0.3, -0.25) is 4.79 Å². The minimum Gasteiger partial charge on any atom is -0.376 e. The molecule has 0 atom stereocenters. The first-order valence-electron chi connectivity index (χ1n) is 8.70. The zero-order valence-corrected chi connectivity index (χ0v) is 18.5. The summed E-state index contributed by atoms with van der Waals surface area (Å²) in [4.78, 5) is 14.6. The fourth-order valence-electron chi connectivity index (χ4n) is 2.75. The number of anilines is 2. The number of nitrogens with one attached hydrogen (secondary N) is 1. The summed E-state index contributed by atoms with van der Waals surface area (Å²) in [6, 6.07) is 9.41. The second-order valence-electron chi connectivity index (χ2n) is 6.22. The maximum atomic E-state index is 12.8. The van der Waals surface area contributed by atoms with E-state index in [-0.39, 0.29) is 20.5 Å². The van der Waals surface area contributed by atoms with Crippen LogP contribution in [0.2, 0.25) is 10.0 Å². The molecule has 0 saturated heterocycles. The average Bonchev–Trinajstić information content (AvgIpc) is 2.64. The number of carbonyl (C=O) groups excluding carboxylic acids is 1. The van der Waals surface area contributed by atoms with Crippen LogP contribution in [0.5, 0.6) is 0 Å². The molecule has 0 radical (unpaired) electrons. The van der Waals surface area contributed by atoms with E-state index in [4.69, 9.17) is 23.2 Å². The second-order valence-corrected chi connectivity index (χ2v) is 8.94. The van der Waals surface area contributed by atoms with Gasteiger partial charge in [0.1, 0.15) is 0 Å². The first-order valence-corrected chi connectivity index (χ1v) is 10.9. The van der Waals surface area contributed by atoms with Crippen molar-refractivity contribution in [3.63, 3.8) is 0 Å². The Bertz CT molecular complexity index is 974. The van der Waals surface area contributed by atoms with Crippen LogP contribution in [-0.2, 0) is 10.0 Å². The highest BCUT2D eigenvalue weighted by molar-refractivity contribution is 7.89. The van der Waals surface area contributed by atoms with Gasteiger partial charge in [0.15, 0.2) is 0 Å². The summed E-state index contributed by atoms with van der Waals surface area (Å²) in [6.45, 7) is 4.26. The summed E-state index contributed by atoms with van der Waals surface area (Å²) < 4.78 is 27.0. The zero-order valence-electron chi connectivity index (χ0n) is 16.2. The van der Waals surface area contributed by atoms with Crippen molar-refractivity contribution < 1.29 is 13.2 Å². The van der Waals surface area contributed by atoms with Crippen molar-refractivity contribution in [3.05, 3.63) is 52.0 Å².